The minimum atomic E-state index is -0.407. The van der Waals surface area contributed by atoms with Crippen molar-refractivity contribution in [1.29, 1.82) is 0 Å². The number of benzene rings is 2. The summed E-state index contributed by atoms with van der Waals surface area (Å²) < 4.78 is 13.9. The number of hydrogen-bond donors (Lipinski definition) is 1. The number of aryl methyl sites for hydroxylation is 1. The van der Waals surface area contributed by atoms with Gasteiger partial charge < -0.3 is 4.98 Å². The van der Waals surface area contributed by atoms with Gasteiger partial charge in [-0.3, -0.25) is 4.79 Å². The van der Waals surface area contributed by atoms with E-state index in [0.29, 0.717) is 16.3 Å². The van der Waals surface area contributed by atoms with Gasteiger partial charge in [0.25, 0.3) is 0 Å². The predicted molar refractivity (Wildman–Crippen MR) is 74.5 cm³/mol. The largest absolute Gasteiger partial charge is 0.354 e. The maximum absolute atomic E-state index is 13.2. The van der Waals surface area contributed by atoms with Gasteiger partial charge in [-0.05, 0) is 58.7 Å². The van der Waals surface area contributed by atoms with Gasteiger partial charge in [0.05, 0.1) is 10.9 Å². The topological polar surface area (TPSA) is 32.9 Å². The molecule has 0 amide bonds. The molecule has 0 aliphatic carbocycles. The Bertz CT molecular complexity index is 838. The predicted octanol–water partition coefficient (Wildman–Crippen LogP) is 3.89. The lowest BCUT2D eigenvalue weighted by molar-refractivity contribution is 0.629. The lowest BCUT2D eigenvalue weighted by atomic mass is 10.1. The van der Waals surface area contributed by atoms with E-state index in [1.54, 1.807) is 6.07 Å². The van der Waals surface area contributed by atoms with Crippen molar-refractivity contribution in [2.24, 2.45) is 0 Å². The quantitative estimate of drug-likeness (QED) is 0.628. The molecule has 0 fully saturated rings. The fourth-order valence-corrected chi connectivity index (χ4v) is 2.92. The van der Waals surface area contributed by atoms with Crippen LogP contribution in [0, 0.1) is 12.7 Å². The summed E-state index contributed by atoms with van der Waals surface area (Å²) in [5.41, 5.74) is 2.29. The van der Waals surface area contributed by atoms with Crippen LogP contribution in [0.1, 0.15) is 5.56 Å². The Morgan fingerprint density at radius 1 is 1.17 bits per heavy atom. The molecule has 90 valence electrons. The number of pyridine rings is 1. The van der Waals surface area contributed by atoms with Crippen LogP contribution in [0.25, 0.3) is 21.8 Å². The van der Waals surface area contributed by atoms with Crippen LogP contribution in [-0.2, 0) is 0 Å². The minimum absolute atomic E-state index is 0.162. The van der Waals surface area contributed by atoms with Crippen molar-refractivity contribution in [3.05, 3.63) is 56.4 Å². The second kappa shape index (κ2) is 3.92. The summed E-state index contributed by atoms with van der Waals surface area (Å²) in [7, 11) is 0. The fourth-order valence-electron chi connectivity index (χ4n) is 2.16. The van der Waals surface area contributed by atoms with Gasteiger partial charge in [0, 0.05) is 15.4 Å². The summed E-state index contributed by atoms with van der Waals surface area (Å²) in [4.78, 5) is 15.5. The molecule has 18 heavy (non-hydrogen) atoms. The van der Waals surface area contributed by atoms with Gasteiger partial charge in [-0.15, -0.1) is 0 Å². The smallest absolute Gasteiger partial charge is 0.198 e. The zero-order chi connectivity index (χ0) is 12.9. The monoisotopic (exact) mass is 305 g/mol. The molecule has 0 bridgehead atoms. The van der Waals surface area contributed by atoms with E-state index in [-0.39, 0.29) is 5.43 Å². The van der Waals surface area contributed by atoms with E-state index in [2.05, 4.69) is 20.9 Å². The van der Waals surface area contributed by atoms with Gasteiger partial charge in [0.15, 0.2) is 5.43 Å². The molecule has 3 rings (SSSR count). The average molecular weight is 306 g/mol. The van der Waals surface area contributed by atoms with Gasteiger partial charge in [0.2, 0.25) is 0 Å². The van der Waals surface area contributed by atoms with Gasteiger partial charge >= 0.3 is 0 Å². The normalized spacial score (nSPS) is 11.3. The van der Waals surface area contributed by atoms with Gasteiger partial charge in [-0.25, -0.2) is 4.39 Å². The number of halogens is 2. The number of aromatic nitrogens is 1. The first kappa shape index (κ1) is 11.4. The van der Waals surface area contributed by atoms with Crippen LogP contribution >= 0.6 is 15.9 Å². The molecule has 2 aromatic carbocycles. The highest BCUT2D eigenvalue weighted by molar-refractivity contribution is 9.10. The van der Waals surface area contributed by atoms with E-state index in [0.717, 1.165) is 15.6 Å². The SMILES string of the molecule is Cc1cc(Br)c2c(=O)c3cc(F)ccc3[nH]c2c1. The Labute approximate surface area is 111 Å². The summed E-state index contributed by atoms with van der Waals surface area (Å²) in [6.07, 6.45) is 0. The number of nitrogens with one attached hydrogen (secondary N) is 1. The number of H-pyrrole nitrogens is 1. The number of hydrogen-bond acceptors (Lipinski definition) is 1. The molecular formula is C14H9BrFNO. The van der Waals surface area contributed by atoms with Crippen molar-refractivity contribution in [3.63, 3.8) is 0 Å². The Morgan fingerprint density at radius 2 is 1.94 bits per heavy atom. The van der Waals surface area contributed by atoms with Crippen molar-refractivity contribution >= 4 is 37.7 Å². The highest BCUT2D eigenvalue weighted by atomic mass is 79.9. The Kier molecular flexibility index (Phi) is 2.48. The van der Waals surface area contributed by atoms with Crippen LogP contribution in [0.15, 0.2) is 39.6 Å². The van der Waals surface area contributed by atoms with Crippen molar-refractivity contribution in [1.82, 2.24) is 4.98 Å². The van der Waals surface area contributed by atoms with E-state index >= 15 is 0 Å². The summed E-state index contributed by atoms with van der Waals surface area (Å²) in [6, 6.07) is 7.98. The highest BCUT2D eigenvalue weighted by Crippen LogP contribution is 2.24. The number of rotatable bonds is 0. The summed E-state index contributed by atoms with van der Waals surface area (Å²) in [5, 5.41) is 0.922. The van der Waals surface area contributed by atoms with E-state index < -0.39 is 5.82 Å². The second-order valence-electron chi connectivity index (χ2n) is 4.31. The highest BCUT2D eigenvalue weighted by Gasteiger charge is 2.09. The lowest BCUT2D eigenvalue weighted by Crippen LogP contribution is -2.05. The number of fused-ring (bicyclic) bond motifs is 2. The maximum atomic E-state index is 13.2. The molecule has 0 radical (unpaired) electrons. The molecule has 0 saturated heterocycles. The van der Waals surface area contributed by atoms with E-state index in [9.17, 15) is 9.18 Å². The standard InChI is InChI=1S/C14H9BrFNO/c1-7-4-10(15)13-12(5-7)17-11-3-2-8(16)6-9(11)14(13)18/h2-6H,1H3,(H,17,18). The van der Waals surface area contributed by atoms with Crippen LogP contribution in [0.2, 0.25) is 0 Å². The van der Waals surface area contributed by atoms with Gasteiger partial charge in [0.1, 0.15) is 5.82 Å². The van der Waals surface area contributed by atoms with Crippen LogP contribution in [-0.4, -0.2) is 4.98 Å². The van der Waals surface area contributed by atoms with Crippen molar-refractivity contribution < 1.29 is 4.39 Å². The summed E-state index contributed by atoms with van der Waals surface area (Å²) in [5.74, 6) is -0.407. The molecule has 0 spiro atoms. The van der Waals surface area contributed by atoms with Crippen LogP contribution in [0.4, 0.5) is 4.39 Å². The Hall–Kier alpha value is -1.68. The van der Waals surface area contributed by atoms with Crippen molar-refractivity contribution in [3.8, 4) is 0 Å². The van der Waals surface area contributed by atoms with Crippen molar-refractivity contribution in [2.45, 2.75) is 6.92 Å². The third-order valence-electron chi connectivity index (χ3n) is 2.96. The third kappa shape index (κ3) is 1.64. The minimum Gasteiger partial charge on any atom is -0.354 e. The molecule has 0 aliphatic heterocycles. The zero-order valence-electron chi connectivity index (χ0n) is 9.55. The first-order valence-corrected chi connectivity index (χ1v) is 6.27. The van der Waals surface area contributed by atoms with Gasteiger partial charge in [-0.2, -0.15) is 0 Å². The zero-order valence-corrected chi connectivity index (χ0v) is 11.1. The molecule has 0 aliphatic rings. The van der Waals surface area contributed by atoms with Gasteiger partial charge in [-0.1, -0.05) is 0 Å². The van der Waals surface area contributed by atoms with Crippen LogP contribution in [0.3, 0.4) is 0 Å². The number of aromatic amines is 1. The fraction of sp³-hybridized carbons (Fsp3) is 0.0714. The van der Waals surface area contributed by atoms with Crippen molar-refractivity contribution in [2.75, 3.05) is 0 Å². The molecule has 0 saturated carbocycles. The molecule has 2 nitrogen and oxygen atoms in total. The molecule has 1 aromatic heterocycles. The molecule has 3 aromatic rings. The first-order valence-electron chi connectivity index (χ1n) is 5.47. The van der Waals surface area contributed by atoms with E-state index in [4.69, 9.17) is 0 Å². The van der Waals surface area contributed by atoms with E-state index in [1.165, 1.54) is 12.1 Å². The molecular weight excluding hydrogens is 297 g/mol. The Balaban J connectivity index is 2.61. The average Bonchev–Trinajstić information content (AvgIpc) is 2.29. The van der Waals surface area contributed by atoms with Crippen LogP contribution < -0.4 is 5.43 Å². The first-order chi connectivity index (χ1) is 8.56. The molecule has 0 atom stereocenters. The van der Waals surface area contributed by atoms with E-state index in [1.807, 2.05) is 19.1 Å². The Morgan fingerprint density at radius 3 is 2.72 bits per heavy atom. The van der Waals surface area contributed by atoms with Crippen LogP contribution in [0.5, 0.6) is 0 Å². The second-order valence-corrected chi connectivity index (χ2v) is 5.17. The lowest BCUT2D eigenvalue weighted by Gasteiger charge is -2.05. The molecule has 1 N–H and O–H groups in total. The summed E-state index contributed by atoms with van der Waals surface area (Å²) in [6.45, 7) is 1.96. The third-order valence-corrected chi connectivity index (χ3v) is 3.58. The summed E-state index contributed by atoms with van der Waals surface area (Å²) >= 11 is 3.39. The maximum Gasteiger partial charge on any atom is 0.198 e. The molecule has 4 heteroatoms. The molecule has 1 heterocycles. The molecule has 0 unspecified atom stereocenters.